The van der Waals surface area contributed by atoms with Gasteiger partial charge in [0.1, 0.15) is 0 Å². The molecular formula is C14H17NO5. The minimum Gasteiger partial charge on any atom is -0.478 e. The summed E-state index contributed by atoms with van der Waals surface area (Å²) < 4.78 is 4.72. The number of benzene rings is 1. The predicted octanol–water partition coefficient (Wildman–Crippen LogP) is 1.98. The minimum atomic E-state index is -1.02. The minimum absolute atomic E-state index is 0.0198. The van der Waals surface area contributed by atoms with Gasteiger partial charge in [0.2, 0.25) is 5.91 Å². The van der Waals surface area contributed by atoms with Gasteiger partial charge in [0, 0.05) is 12.1 Å². The summed E-state index contributed by atoms with van der Waals surface area (Å²) >= 11 is 0. The highest BCUT2D eigenvalue weighted by Gasteiger charge is 2.10. The topological polar surface area (TPSA) is 92.7 Å². The number of ether oxygens (including phenoxy) is 1. The molecule has 20 heavy (non-hydrogen) atoms. The van der Waals surface area contributed by atoms with Crippen LogP contribution in [-0.4, -0.2) is 29.6 Å². The molecule has 0 saturated heterocycles. The highest BCUT2D eigenvalue weighted by molar-refractivity contribution is 5.94. The van der Waals surface area contributed by atoms with Gasteiger partial charge in [-0.2, -0.15) is 0 Å². The van der Waals surface area contributed by atoms with E-state index in [0.29, 0.717) is 11.3 Å². The number of hydrogen-bond donors (Lipinski definition) is 2. The van der Waals surface area contributed by atoms with E-state index in [0.717, 1.165) is 0 Å². The standard InChI is InChI=1S/C14H17NO5/c1-3-20-13(17)7-6-12(16)15-11-5-4-10(14(18)19)8-9(11)2/h4-5,8H,3,6-7H2,1-2H3,(H,15,16)(H,18,19). The number of carboxylic acid groups (broad SMARTS) is 1. The number of nitrogens with one attached hydrogen (secondary N) is 1. The predicted molar refractivity (Wildman–Crippen MR) is 72.6 cm³/mol. The van der Waals surface area contributed by atoms with E-state index in [1.807, 2.05) is 0 Å². The molecule has 0 aliphatic heterocycles. The fraction of sp³-hybridized carbons (Fsp3) is 0.357. The first-order valence-electron chi connectivity index (χ1n) is 6.23. The third-order valence-electron chi connectivity index (χ3n) is 2.61. The number of amides is 1. The number of aryl methyl sites for hydroxylation is 1. The summed E-state index contributed by atoms with van der Waals surface area (Å²) in [4.78, 5) is 33.6. The third kappa shape index (κ3) is 4.72. The summed E-state index contributed by atoms with van der Waals surface area (Å²) in [7, 11) is 0. The molecule has 6 heteroatoms. The molecule has 0 unspecified atom stereocenters. The SMILES string of the molecule is CCOC(=O)CCC(=O)Nc1ccc(C(=O)O)cc1C. The molecule has 1 amide bonds. The Labute approximate surface area is 116 Å². The molecule has 108 valence electrons. The number of carbonyl (C=O) groups excluding carboxylic acids is 2. The van der Waals surface area contributed by atoms with Gasteiger partial charge in [-0.05, 0) is 37.6 Å². The summed E-state index contributed by atoms with van der Waals surface area (Å²) in [6.45, 7) is 3.69. The van der Waals surface area contributed by atoms with Crippen LogP contribution < -0.4 is 5.32 Å². The van der Waals surface area contributed by atoms with Gasteiger partial charge in [0.25, 0.3) is 0 Å². The largest absolute Gasteiger partial charge is 0.478 e. The van der Waals surface area contributed by atoms with Crippen molar-refractivity contribution >= 4 is 23.5 Å². The number of carboxylic acids is 1. The van der Waals surface area contributed by atoms with Crippen molar-refractivity contribution in [2.75, 3.05) is 11.9 Å². The first-order chi connectivity index (χ1) is 9.43. The van der Waals surface area contributed by atoms with Gasteiger partial charge in [-0.25, -0.2) is 4.79 Å². The van der Waals surface area contributed by atoms with Gasteiger partial charge < -0.3 is 15.2 Å². The van der Waals surface area contributed by atoms with Crippen LogP contribution >= 0.6 is 0 Å². The number of rotatable bonds is 6. The molecule has 0 atom stereocenters. The first-order valence-corrected chi connectivity index (χ1v) is 6.23. The lowest BCUT2D eigenvalue weighted by Crippen LogP contribution is -2.15. The van der Waals surface area contributed by atoms with Crippen LogP contribution in [0.1, 0.15) is 35.7 Å². The lowest BCUT2D eigenvalue weighted by atomic mass is 10.1. The molecule has 0 aliphatic carbocycles. The van der Waals surface area contributed by atoms with Crippen LogP contribution in [0.3, 0.4) is 0 Å². The quantitative estimate of drug-likeness (QED) is 0.777. The van der Waals surface area contributed by atoms with Crippen LogP contribution in [0.5, 0.6) is 0 Å². The van der Waals surface area contributed by atoms with E-state index in [1.54, 1.807) is 13.8 Å². The van der Waals surface area contributed by atoms with E-state index < -0.39 is 11.9 Å². The smallest absolute Gasteiger partial charge is 0.335 e. The maximum Gasteiger partial charge on any atom is 0.335 e. The molecule has 0 radical (unpaired) electrons. The lowest BCUT2D eigenvalue weighted by Gasteiger charge is -2.09. The summed E-state index contributed by atoms with van der Waals surface area (Å²) in [6.07, 6.45) is 0.0465. The zero-order valence-electron chi connectivity index (χ0n) is 11.4. The molecule has 0 saturated carbocycles. The average molecular weight is 279 g/mol. The van der Waals surface area contributed by atoms with Crippen LogP contribution in [-0.2, 0) is 14.3 Å². The molecule has 6 nitrogen and oxygen atoms in total. The van der Waals surface area contributed by atoms with Crippen molar-refractivity contribution in [3.05, 3.63) is 29.3 Å². The summed E-state index contributed by atoms with van der Waals surface area (Å²) in [5.41, 5.74) is 1.34. The van der Waals surface area contributed by atoms with Gasteiger partial charge in [-0.3, -0.25) is 9.59 Å². The molecule has 1 aromatic rings. The van der Waals surface area contributed by atoms with E-state index in [9.17, 15) is 14.4 Å². The molecule has 0 heterocycles. The molecule has 0 fully saturated rings. The van der Waals surface area contributed by atoms with E-state index in [2.05, 4.69) is 5.32 Å². The molecule has 0 spiro atoms. The molecule has 0 aromatic heterocycles. The van der Waals surface area contributed by atoms with Gasteiger partial charge in [-0.1, -0.05) is 0 Å². The number of hydrogen-bond acceptors (Lipinski definition) is 4. The zero-order valence-corrected chi connectivity index (χ0v) is 11.4. The molecule has 1 aromatic carbocycles. The Morgan fingerprint density at radius 3 is 2.50 bits per heavy atom. The van der Waals surface area contributed by atoms with Crippen molar-refractivity contribution in [1.29, 1.82) is 0 Å². The fourth-order valence-electron chi connectivity index (χ4n) is 1.60. The second kappa shape index (κ2) is 7.28. The maximum atomic E-state index is 11.7. The van der Waals surface area contributed by atoms with Crippen molar-refractivity contribution in [3.63, 3.8) is 0 Å². The zero-order chi connectivity index (χ0) is 15.1. The van der Waals surface area contributed by atoms with Gasteiger partial charge in [0.05, 0.1) is 18.6 Å². The van der Waals surface area contributed by atoms with E-state index in [4.69, 9.17) is 9.84 Å². The van der Waals surface area contributed by atoms with E-state index in [1.165, 1.54) is 18.2 Å². The number of carbonyl (C=O) groups is 3. The second-order valence-electron chi connectivity index (χ2n) is 4.19. The van der Waals surface area contributed by atoms with E-state index >= 15 is 0 Å². The summed E-state index contributed by atoms with van der Waals surface area (Å²) in [5, 5.41) is 11.5. The van der Waals surface area contributed by atoms with E-state index in [-0.39, 0.29) is 30.9 Å². The maximum absolute atomic E-state index is 11.7. The van der Waals surface area contributed by atoms with Crippen LogP contribution in [0, 0.1) is 6.92 Å². The fourth-order valence-corrected chi connectivity index (χ4v) is 1.60. The Balaban J connectivity index is 2.58. The van der Waals surface area contributed by atoms with Crippen molar-refractivity contribution < 1.29 is 24.2 Å². The normalized spacial score (nSPS) is 9.90. The van der Waals surface area contributed by atoms with Crippen molar-refractivity contribution in [3.8, 4) is 0 Å². The molecular weight excluding hydrogens is 262 g/mol. The van der Waals surface area contributed by atoms with Crippen LogP contribution in [0.15, 0.2) is 18.2 Å². The highest BCUT2D eigenvalue weighted by Crippen LogP contribution is 2.17. The lowest BCUT2D eigenvalue weighted by molar-refractivity contribution is -0.144. The Bertz CT molecular complexity index is 524. The van der Waals surface area contributed by atoms with Gasteiger partial charge in [-0.15, -0.1) is 0 Å². The van der Waals surface area contributed by atoms with Crippen LogP contribution in [0.25, 0.3) is 0 Å². The Hall–Kier alpha value is -2.37. The first kappa shape index (κ1) is 15.7. The Morgan fingerprint density at radius 1 is 1.25 bits per heavy atom. The van der Waals surface area contributed by atoms with Crippen molar-refractivity contribution in [2.24, 2.45) is 0 Å². The molecule has 0 aliphatic rings. The second-order valence-corrected chi connectivity index (χ2v) is 4.19. The monoisotopic (exact) mass is 279 g/mol. The van der Waals surface area contributed by atoms with Crippen molar-refractivity contribution in [1.82, 2.24) is 0 Å². The van der Waals surface area contributed by atoms with Gasteiger partial charge in [0.15, 0.2) is 0 Å². The van der Waals surface area contributed by atoms with Crippen LogP contribution in [0.4, 0.5) is 5.69 Å². The van der Waals surface area contributed by atoms with Crippen LogP contribution in [0.2, 0.25) is 0 Å². The Kier molecular flexibility index (Phi) is 5.71. The summed E-state index contributed by atoms with van der Waals surface area (Å²) in [6, 6.07) is 4.42. The van der Waals surface area contributed by atoms with Crippen molar-refractivity contribution in [2.45, 2.75) is 26.7 Å². The number of esters is 1. The molecule has 2 N–H and O–H groups in total. The Morgan fingerprint density at radius 2 is 1.95 bits per heavy atom. The molecule has 0 bridgehead atoms. The summed E-state index contributed by atoms with van der Waals surface area (Å²) in [5.74, 6) is -1.75. The average Bonchev–Trinajstić information content (AvgIpc) is 2.39. The number of aromatic carboxylic acids is 1. The highest BCUT2D eigenvalue weighted by atomic mass is 16.5. The van der Waals surface area contributed by atoms with Gasteiger partial charge >= 0.3 is 11.9 Å². The third-order valence-corrected chi connectivity index (χ3v) is 2.61. The molecule has 1 rings (SSSR count). The number of anilines is 1.